The highest BCUT2D eigenvalue weighted by Crippen LogP contribution is 1.94. The Bertz CT molecular complexity index is 130. The Morgan fingerprint density at radius 2 is 2.27 bits per heavy atom. The first-order chi connectivity index (χ1) is 5.11. The molecule has 0 fully saturated rings. The van der Waals surface area contributed by atoms with E-state index in [-0.39, 0.29) is 6.04 Å². The highest BCUT2D eigenvalue weighted by molar-refractivity contribution is 7.80. The van der Waals surface area contributed by atoms with Gasteiger partial charge >= 0.3 is 5.97 Å². The topological polar surface area (TPSA) is 49.3 Å². The van der Waals surface area contributed by atoms with Gasteiger partial charge in [-0.05, 0) is 13.3 Å². The molecule has 0 radical (unpaired) electrons. The van der Waals surface area contributed by atoms with Gasteiger partial charge in [-0.1, -0.05) is 6.92 Å². The maximum Gasteiger partial charge on any atom is 0.321 e. The molecule has 0 saturated heterocycles. The van der Waals surface area contributed by atoms with Crippen LogP contribution in [0.2, 0.25) is 0 Å². The molecule has 0 heterocycles. The largest absolute Gasteiger partial charge is 0.480 e. The minimum Gasteiger partial charge on any atom is -0.480 e. The van der Waals surface area contributed by atoms with E-state index in [0.29, 0.717) is 5.75 Å². The van der Waals surface area contributed by atoms with Gasteiger partial charge in [-0.2, -0.15) is 12.6 Å². The average Bonchev–Trinajstić information content (AvgIpc) is 1.99. The van der Waals surface area contributed by atoms with E-state index in [2.05, 4.69) is 17.9 Å². The van der Waals surface area contributed by atoms with Gasteiger partial charge in [0.1, 0.15) is 6.04 Å². The fourth-order valence-electron chi connectivity index (χ4n) is 0.663. The molecular weight excluding hydrogens is 162 g/mol. The predicted molar refractivity (Wildman–Crippen MR) is 48.2 cm³/mol. The monoisotopic (exact) mass is 177 g/mol. The number of carboxylic acids is 1. The fourth-order valence-corrected chi connectivity index (χ4v) is 0.925. The van der Waals surface area contributed by atoms with E-state index >= 15 is 0 Å². The van der Waals surface area contributed by atoms with Crippen LogP contribution in [0.4, 0.5) is 0 Å². The summed E-state index contributed by atoms with van der Waals surface area (Å²) in [5, 5.41) is 11.5. The quantitative estimate of drug-likeness (QED) is 0.543. The Balaban J connectivity index is 3.77. The minimum atomic E-state index is -0.833. The second-order valence-electron chi connectivity index (χ2n) is 2.55. The van der Waals surface area contributed by atoms with E-state index in [9.17, 15) is 4.79 Å². The summed E-state index contributed by atoms with van der Waals surface area (Å²) in [6.45, 7) is 3.97. The Morgan fingerprint density at radius 3 is 2.55 bits per heavy atom. The zero-order valence-electron chi connectivity index (χ0n) is 6.87. The molecule has 2 atom stereocenters. The van der Waals surface area contributed by atoms with Crippen LogP contribution < -0.4 is 5.32 Å². The molecule has 0 aromatic carbocycles. The first-order valence-electron chi connectivity index (χ1n) is 3.71. The molecular formula is C7H15NO2S. The molecule has 2 N–H and O–H groups in total. The molecule has 0 aromatic rings. The van der Waals surface area contributed by atoms with Crippen LogP contribution in [0.15, 0.2) is 0 Å². The minimum absolute atomic E-state index is 0.239. The van der Waals surface area contributed by atoms with Gasteiger partial charge in [0.2, 0.25) is 0 Å². The van der Waals surface area contributed by atoms with E-state index in [0.717, 1.165) is 6.42 Å². The Hall–Kier alpha value is -0.220. The van der Waals surface area contributed by atoms with Gasteiger partial charge in [-0.3, -0.25) is 4.79 Å². The van der Waals surface area contributed by atoms with Crippen LogP contribution in [0.25, 0.3) is 0 Å². The second kappa shape index (κ2) is 5.43. The molecule has 4 heteroatoms. The van der Waals surface area contributed by atoms with Crippen LogP contribution in [-0.4, -0.2) is 28.9 Å². The van der Waals surface area contributed by atoms with Crippen molar-refractivity contribution >= 4 is 18.6 Å². The summed E-state index contributed by atoms with van der Waals surface area (Å²) in [4.78, 5) is 10.5. The molecule has 0 aliphatic carbocycles. The van der Waals surface area contributed by atoms with Crippen molar-refractivity contribution in [2.24, 2.45) is 0 Å². The summed E-state index contributed by atoms with van der Waals surface area (Å²) >= 11 is 3.93. The number of hydrogen-bond acceptors (Lipinski definition) is 3. The highest BCUT2D eigenvalue weighted by atomic mass is 32.1. The van der Waals surface area contributed by atoms with Crippen molar-refractivity contribution in [1.82, 2.24) is 5.32 Å². The van der Waals surface area contributed by atoms with Gasteiger partial charge in [0.15, 0.2) is 0 Å². The molecule has 66 valence electrons. The van der Waals surface area contributed by atoms with E-state index < -0.39 is 12.0 Å². The van der Waals surface area contributed by atoms with Gasteiger partial charge in [-0.15, -0.1) is 0 Å². The molecule has 0 aromatic heterocycles. The zero-order valence-corrected chi connectivity index (χ0v) is 7.77. The second-order valence-corrected chi connectivity index (χ2v) is 2.91. The van der Waals surface area contributed by atoms with Crippen molar-refractivity contribution in [3.8, 4) is 0 Å². The molecule has 0 aliphatic rings. The van der Waals surface area contributed by atoms with E-state index in [4.69, 9.17) is 5.11 Å². The van der Waals surface area contributed by atoms with E-state index in [1.165, 1.54) is 0 Å². The Labute approximate surface area is 72.6 Å². The van der Waals surface area contributed by atoms with Crippen molar-refractivity contribution in [1.29, 1.82) is 0 Å². The lowest BCUT2D eigenvalue weighted by molar-refractivity contribution is -0.139. The molecule has 11 heavy (non-hydrogen) atoms. The van der Waals surface area contributed by atoms with Gasteiger partial charge in [0.25, 0.3) is 0 Å². The Kier molecular flexibility index (Phi) is 5.32. The van der Waals surface area contributed by atoms with Gasteiger partial charge in [0.05, 0.1) is 0 Å². The lowest BCUT2D eigenvalue weighted by atomic mass is 10.2. The summed E-state index contributed by atoms with van der Waals surface area (Å²) < 4.78 is 0. The van der Waals surface area contributed by atoms with Crippen molar-refractivity contribution in [2.75, 3.05) is 5.75 Å². The van der Waals surface area contributed by atoms with Crippen LogP contribution in [0.5, 0.6) is 0 Å². The van der Waals surface area contributed by atoms with Crippen LogP contribution in [0.3, 0.4) is 0 Å². The average molecular weight is 177 g/mol. The molecule has 0 amide bonds. The maximum atomic E-state index is 10.5. The number of carboxylic acid groups (broad SMARTS) is 1. The first-order valence-corrected chi connectivity index (χ1v) is 4.34. The number of rotatable bonds is 5. The van der Waals surface area contributed by atoms with Gasteiger partial charge < -0.3 is 10.4 Å². The van der Waals surface area contributed by atoms with Crippen LogP contribution in [0.1, 0.15) is 20.3 Å². The lowest BCUT2D eigenvalue weighted by Gasteiger charge is -2.16. The number of thiol groups is 1. The van der Waals surface area contributed by atoms with E-state index in [1.54, 1.807) is 0 Å². The van der Waals surface area contributed by atoms with Crippen molar-refractivity contribution in [3.05, 3.63) is 0 Å². The Morgan fingerprint density at radius 1 is 1.73 bits per heavy atom. The van der Waals surface area contributed by atoms with Crippen LogP contribution in [-0.2, 0) is 4.79 Å². The third-order valence-corrected chi connectivity index (χ3v) is 1.94. The normalized spacial score (nSPS) is 15.9. The smallest absolute Gasteiger partial charge is 0.321 e. The molecule has 0 saturated carbocycles. The standard InChI is InChI=1S/C7H15NO2S/c1-3-5(2)8-6(4-11)7(9)10/h5-6,8,11H,3-4H2,1-2H3,(H,9,10)/t5-,6-/m0/s1. The summed E-state index contributed by atoms with van der Waals surface area (Å²) in [6, 6.07) is -0.281. The van der Waals surface area contributed by atoms with Gasteiger partial charge in [0, 0.05) is 11.8 Å². The number of nitrogens with one attached hydrogen (secondary N) is 1. The zero-order chi connectivity index (χ0) is 8.85. The highest BCUT2D eigenvalue weighted by Gasteiger charge is 2.16. The molecule has 0 unspecified atom stereocenters. The number of carbonyl (C=O) groups is 1. The van der Waals surface area contributed by atoms with Crippen LogP contribution >= 0.6 is 12.6 Å². The summed E-state index contributed by atoms with van der Waals surface area (Å²) in [5.41, 5.74) is 0. The number of aliphatic carboxylic acids is 1. The molecule has 0 aliphatic heterocycles. The molecule has 0 spiro atoms. The van der Waals surface area contributed by atoms with Crippen molar-refractivity contribution in [2.45, 2.75) is 32.4 Å². The SMILES string of the molecule is CC[C@H](C)N[C@@H](CS)C(=O)O. The summed E-state index contributed by atoms with van der Waals surface area (Å²) in [7, 11) is 0. The first kappa shape index (κ1) is 10.8. The van der Waals surface area contributed by atoms with E-state index in [1.807, 2.05) is 13.8 Å². The maximum absolute atomic E-state index is 10.5. The molecule has 0 rings (SSSR count). The predicted octanol–water partition coefficient (Wildman–Crippen LogP) is 0.758. The van der Waals surface area contributed by atoms with Crippen LogP contribution in [0, 0.1) is 0 Å². The van der Waals surface area contributed by atoms with Gasteiger partial charge in [-0.25, -0.2) is 0 Å². The lowest BCUT2D eigenvalue weighted by Crippen LogP contribution is -2.43. The third-order valence-electron chi connectivity index (χ3n) is 1.58. The number of hydrogen-bond donors (Lipinski definition) is 3. The fraction of sp³-hybridized carbons (Fsp3) is 0.857. The molecule has 3 nitrogen and oxygen atoms in total. The summed E-state index contributed by atoms with van der Waals surface area (Å²) in [5.74, 6) is -0.500. The third kappa shape index (κ3) is 4.27. The molecule has 0 bridgehead atoms. The van der Waals surface area contributed by atoms with Crippen molar-refractivity contribution < 1.29 is 9.90 Å². The summed E-state index contributed by atoms with van der Waals surface area (Å²) in [6.07, 6.45) is 0.928. The van der Waals surface area contributed by atoms with Crippen molar-refractivity contribution in [3.63, 3.8) is 0 Å².